The van der Waals surface area contributed by atoms with E-state index in [1.165, 1.54) is 25.1 Å². The van der Waals surface area contributed by atoms with Crippen LogP contribution in [0.25, 0.3) is 0 Å². The average Bonchev–Trinajstić information content (AvgIpc) is 2.12. The van der Waals surface area contributed by atoms with Gasteiger partial charge in [0, 0.05) is 0 Å². The van der Waals surface area contributed by atoms with Gasteiger partial charge < -0.3 is 20.6 Å². The van der Waals surface area contributed by atoms with E-state index in [2.05, 4.69) is 5.32 Å². The largest absolute Gasteiger partial charge is 0.504 e. The number of carboxylic acid groups (broad SMARTS) is 1. The number of aliphatic carboxylic acids is 1. The zero-order valence-electron chi connectivity index (χ0n) is 7.56. The summed E-state index contributed by atoms with van der Waals surface area (Å²) in [6.07, 6.45) is 0. The second kappa shape index (κ2) is 3.87. The molecule has 0 amide bonds. The minimum Gasteiger partial charge on any atom is -0.504 e. The normalized spacial score (nSPS) is 12.1. The molecule has 1 rings (SSSR count). The lowest BCUT2D eigenvalue weighted by Gasteiger charge is -2.12. The lowest BCUT2D eigenvalue weighted by atomic mass is 10.2. The van der Waals surface area contributed by atoms with E-state index >= 15 is 0 Å². The Morgan fingerprint density at radius 1 is 1.43 bits per heavy atom. The van der Waals surface area contributed by atoms with Crippen LogP contribution in [-0.4, -0.2) is 27.3 Å². The van der Waals surface area contributed by atoms with E-state index in [0.29, 0.717) is 0 Å². The summed E-state index contributed by atoms with van der Waals surface area (Å²) in [5.74, 6) is -1.67. The number of aromatic hydroxyl groups is 2. The van der Waals surface area contributed by atoms with E-state index in [1.54, 1.807) is 0 Å². The third-order valence-corrected chi connectivity index (χ3v) is 1.76. The predicted octanol–water partition coefficient (Wildman–Crippen LogP) is 0.983. The molecule has 1 aromatic carbocycles. The molecule has 5 nitrogen and oxygen atoms in total. The molecule has 1 atom stereocenters. The monoisotopic (exact) mass is 197 g/mol. The van der Waals surface area contributed by atoms with Gasteiger partial charge in [0.05, 0.1) is 5.69 Å². The molecule has 5 heteroatoms. The minimum atomic E-state index is -1.03. The number of anilines is 1. The van der Waals surface area contributed by atoms with Gasteiger partial charge in [-0.15, -0.1) is 0 Å². The number of hydrogen-bond donors (Lipinski definition) is 4. The van der Waals surface area contributed by atoms with Crippen molar-refractivity contribution in [2.45, 2.75) is 13.0 Å². The van der Waals surface area contributed by atoms with E-state index in [9.17, 15) is 9.90 Å². The summed E-state index contributed by atoms with van der Waals surface area (Å²) in [5.41, 5.74) is 0.194. The molecule has 14 heavy (non-hydrogen) atoms. The summed E-state index contributed by atoms with van der Waals surface area (Å²) in [5, 5.41) is 29.6. The first-order chi connectivity index (χ1) is 6.52. The van der Waals surface area contributed by atoms with Gasteiger partial charge in [0.25, 0.3) is 0 Å². The third kappa shape index (κ3) is 2.07. The summed E-state index contributed by atoms with van der Waals surface area (Å²) >= 11 is 0. The van der Waals surface area contributed by atoms with Crippen molar-refractivity contribution in [2.75, 3.05) is 5.32 Å². The SMILES string of the molecule is CC(Nc1cccc(O)c1O)C(=O)O. The number of phenolic OH excluding ortho intramolecular Hbond substituents is 2. The third-order valence-electron chi connectivity index (χ3n) is 1.76. The molecule has 4 N–H and O–H groups in total. The van der Waals surface area contributed by atoms with Crippen LogP contribution in [0.1, 0.15) is 6.92 Å². The number of para-hydroxylation sites is 1. The molecule has 0 saturated carbocycles. The summed E-state index contributed by atoms with van der Waals surface area (Å²) < 4.78 is 0. The molecule has 0 bridgehead atoms. The van der Waals surface area contributed by atoms with Crippen LogP contribution in [0.4, 0.5) is 5.69 Å². The highest BCUT2D eigenvalue weighted by atomic mass is 16.4. The number of carbonyl (C=O) groups is 1. The minimum absolute atomic E-state index is 0.194. The van der Waals surface area contributed by atoms with Crippen LogP contribution in [0.3, 0.4) is 0 Å². The summed E-state index contributed by atoms with van der Waals surface area (Å²) in [6, 6.07) is 3.47. The van der Waals surface area contributed by atoms with Crippen LogP contribution < -0.4 is 5.32 Å². The maximum Gasteiger partial charge on any atom is 0.325 e. The van der Waals surface area contributed by atoms with E-state index in [1.807, 2.05) is 0 Å². The fraction of sp³-hybridized carbons (Fsp3) is 0.222. The van der Waals surface area contributed by atoms with Crippen molar-refractivity contribution >= 4 is 11.7 Å². The molecule has 0 aliphatic carbocycles. The Labute approximate surface area is 80.6 Å². The maximum atomic E-state index is 10.5. The molecule has 0 fully saturated rings. The highest BCUT2D eigenvalue weighted by molar-refractivity contribution is 5.78. The quantitative estimate of drug-likeness (QED) is 0.542. The molecule has 0 radical (unpaired) electrons. The predicted molar refractivity (Wildman–Crippen MR) is 50.5 cm³/mol. The maximum absolute atomic E-state index is 10.5. The number of phenols is 2. The van der Waals surface area contributed by atoms with Crippen molar-refractivity contribution in [3.05, 3.63) is 18.2 Å². The molecule has 0 spiro atoms. The number of benzene rings is 1. The van der Waals surface area contributed by atoms with Crippen LogP contribution in [-0.2, 0) is 4.79 Å². The molecule has 0 aliphatic heterocycles. The first-order valence-corrected chi connectivity index (χ1v) is 4.02. The Morgan fingerprint density at radius 3 is 2.64 bits per heavy atom. The molecular weight excluding hydrogens is 186 g/mol. The number of nitrogens with one attached hydrogen (secondary N) is 1. The Bertz CT molecular complexity index is 351. The Balaban J connectivity index is 2.87. The zero-order valence-corrected chi connectivity index (χ0v) is 7.56. The van der Waals surface area contributed by atoms with Gasteiger partial charge >= 0.3 is 5.97 Å². The molecular formula is C9H11NO4. The molecule has 0 saturated heterocycles. The van der Waals surface area contributed by atoms with Crippen molar-refractivity contribution < 1.29 is 20.1 Å². The molecule has 76 valence electrons. The number of carboxylic acids is 1. The Kier molecular flexibility index (Phi) is 2.81. The van der Waals surface area contributed by atoms with Gasteiger partial charge in [-0.2, -0.15) is 0 Å². The Morgan fingerprint density at radius 2 is 2.07 bits per heavy atom. The average molecular weight is 197 g/mol. The standard InChI is InChI=1S/C9H11NO4/c1-5(9(13)14)10-6-3-2-4-7(11)8(6)12/h2-5,10-12H,1H3,(H,13,14). The van der Waals surface area contributed by atoms with Crippen molar-refractivity contribution in [3.8, 4) is 11.5 Å². The van der Waals surface area contributed by atoms with E-state index in [0.717, 1.165) is 0 Å². The molecule has 1 unspecified atom stereocenters. The molecule has 0 aliphatic rings. The number of rotatable bonds is 3. The van der Waals surface area contributed by atoms with E-state index in [4.69, 9.17) is 10.2 Å². The zero-order chi connectivity index (χ0) is 10.7. The van der Waals surface area contributed by atoms with Gasteiger partial charge in [0.1, 0.15) is 6.04 Å². The number of hydrogen-bond acceptors (Lipinski definition) is 4. The van der Waals surface area contributed by atoms with Gasteiger partial charge in [-0.3, -0.25) is 4.79 Å². The fourth-order valence-corrected chi connectivity index (χ4v) is 0.943. The molecule has 0 aromatic heterocycles. The van der Waals surface area contributed by atoms with Gasteiger partial charge in [-0.05, 0) is 19.1 Å². The highest BCUT2D eigenvalue weighted by Crippen LogP contribution is 2.32. The van der Waals surface area contributed by atoms with Crippen LogP contribution in [0.5, 0.6) is 11.5 Å². The van der Waals surface area contributed by atoms with Crippen molar-refractivity contribution in [1.82, 2.24) is 0 Å². The van der Waals surface area contributed by atoms with Crippen LogP contribution in [0.2, 0.25) is 0 Å². The smallest absolute Gasteiger partial charge is 0.325 e. The fourth-order valence-electron chi connectivity index (χ4n) is 0.943. The lowest BCUT2D eigenvalue weighted by molar-refractivity contribution is -0.137. The van der Waals surface area contributed by atoms with Gasteiger partial charge in [0.2, 0.25) is 0 Å². The van der Waals surface area contributed by atoms with Crippen molar-refractivity contribution in [1.29, 1.82) is 0 Å². The summed E-state index contributed by atoms with van der Waals surface area (Å²) in [4.78, 5) is 10.5. The summed E-state index contributed by atoms with van der Waals surface area (Å²) in [6.45, 7) is 1.44. The van der Waals surface area contributed by atoms with Gasteiger partial charge in [-0.25, -0.2) is 0 Å². The van der Waals surface area contributed by atoms with Crippen LogP contribution in [0, 0.1) is 0 Å². The lowest BCUT2D eigenvalue weighted by Crippen LogP contribution is -2.25. The van der Waals surface area contributed by atoms with E-state index in [-0.39, 0.29) is 17.2 Å². The van der Waals surface area contributed by atoms with Gasteiger partial charge in [-0.1, -0.05) is 6.07 Å². The molecule has 0 heterocycles. The van der Waals surface area contributed by atoms with Crippen LogP contribution in [0.15, 0.2) is 18.2 Å². The van der Waals surface area contributed by atoms with Crippen molar-refractivity contribution in [3.63, 3.8) is 0 Å². The second-order valence-electron chi connectivity index (χ2n) is 2.88. The summed E-state index contributed by atoms with van der Waals surface area (Å²) in [7, 11) is 0. The van der Waals surface area contributed by atoms with Crippen molar-refractivity contribution in [2.24, 2.45) is 0 Å². The molecule has 1 aromatic rings. The first kappa shape index (κ1) is 10.2. The van der Waals surface area contributed by atoms with E-state index < -0.39 is 12.0 Å². The second-order valence-corrected chi connectivity index (χ2v) is 2.88. The topological polar surface area (TPSA) is 89.8 Å². The highest BCUT2D eigenvalue weighted by Gasteiger charge is 2.13. The first-order valence-electron chi connectivity index (χ1n) is 4.02. The van der Waals surface area contributed by atoms with Crippen LogP contribution >= 0.6 is 0 Å². The van der Waals surface area contributed by atoms with Gasteiger partial charge in [0.15, 0.2) is 11.5 Å². The Hall–Kier alpha value is -1.91.